The molecule has 0 heterocycles. The van der Waals surface area contributed by atoms with Crippen molar-refractivity contribution in [1.29, 1.82) is 0 Å². The minimum atomic E-state index is -0.0446. The van der Waals surface area contributed by atoms with Crippen LogP contribution in [0.5, 0.6) is 0 Å². The van der Waals surface area contributed by atoms with E-state index >= 15 is 0 Å². The fourth-order valence-corrected chi connectivity index (χ4v) is 0.906. The first-order valence-corrected chi connectivity index (χ1v) is 7.17. The van der Waals surface area contributed by atoms with Crippen LogP contribution in [0.25, 0.3) is 0 Å². The highest BCUT2D eigenvalue weighted by Gasteiger charge is 1.96. The van der Waals surface area contributed by atoms with Gasteiger partial charge in [-0.25, -0.2) is 0 Å². The van der Waals surface area contributed by atoms with Crippen molar-refractivity contribution >= 4 is 18.3 Å². The van der Waals surface area contributed by atoms with Gasteiger partial charge in [-0.1, -0.05) is 25.7 Å². The molecule has 0 spiro atoms. The lowest BCUT2D eigenvalue weighted by molar-refractivity contribution is -0.117. The van der Waals surface area contributed by atoms with Crippen molar-refractivity contribution in [3.63, 3.8) is 0 Å². The minimum Gasteiger partial charge on any atom is -0.352 e. The Balaban J connectivity index is -0.000000112. The number of rotatable bonds is 7. The van der Waals surface area contributed by atoms with Crippen LogP contribution < -0.4 is 5.32 Å². The average molecular weight is 334 g/mol. The number of halogens is 1. The number of likely N-dealkylation sites (N-methyl/N-ethyl adjacent to an activating group) is 2. The first-order valence-electron chi connectivity index (χ1n) is 7.17. The van der Waals surface area contributed by atoms with Crippen LogP contribution in [0.3, 0.4) is 0 Å². The molecule has 0 aromatic heterocycles. The topological polar surface area (TPSA) is 35.6 Å². The molecule has 0 saturated carbocycles. The average Bonchev–Trinajstić information content (AvgIpc) is 2.36. The minimum absolute atomic E-state index is 0. The van der Waals surface area contributed by atoms with Crippen LogP contribution in [-0.4, -0.2) is 63.5 Å². The van der Waals surface area contributed by atoms with Gasteiger partial charge < -0.3 is 15.1 Å². The van der Waals surface area contributed by atoms with Gasteiger partial charge >= 0.3 is 0 Å². The number of hydrogen-bond donors (Lipinski definition) is 1. The van der Waals surface area contributed by atoms with E-state index in [1.54, 1.807) is 6.92 Å². The predicted molar refractivity (Wildman–Crippen MR) is 103 cm³/mol. The highest BCUT2D eigenvalue weighted by Crippen LogP contribution is 1.84. The van der Waals surface area contributed by atoms with Gasteiger partial charge in [-0.05, 0) is 41.5 Å². The van der Waals surface area contributed by atoms with E-state index in [2.05, 4.69) is 34.9 Å². The van der Waals surface area contributed by atoms with Crippen molar-refractivity contribution in [2.24, 2.45) is 0 Å². The molecule has 0 saturated heterocycles. The lowest BCUT2D eigenvalue weighted by atomic mass is 10.3. The summed E-state index contributed by atoms with van der Waals surface area (Å²) in [5, 5.41) is 2.69. The van der Waals surface area contributed by atoms with Gasteiger partial charge in [0, 0.05) is 25.2 Å². The Hall–Kier alpha value is -1.10. The Bertz CT molecular complexity index is 276. The lowest BCUT2D eigenvalue weighted by Crippen LogP contribution is -2.24. The summed E-state index contributed by atoms with van der Waals surface area (Å²) in [5.74, 6) is -0.0446. The van der Waals surface area contributed by atoms with Gasteiger partial charge in [0.2, 0.25) is 5.91 Å². The molecule has 0 unspecified atom stereocenters. The maximum atomic E-state index is 10.7. The van der Waals surface area contributed by atoms with E-state index in [0.29, 0.717) is 5.57 Å². The Labute approximate surface area is 144 Å². The summed E-state index contributed by atoms with van der Waals surface area (Å²) in [7, 11) is 8.06. The first kappa shape index (κ1) is 29.0. The second-order valence-corrected chi connectivity index (χ2v) is 5.14. The van der Waals surface area contributed by atoms with Gasteiger partial charge in [0.1, 0.15) is 0 Å². The predicted octanol–water partition coefficient (Wildman–Crippen LogP) is 2.98. The summed E-state index contributed by atoms with van der Waals surface area (Å²) in [5.41, 5.74) is 0.573. The van der Waals surface area contributed by atoms with Crippen LogP contribution in [0, 0.1) is 0 Å². The zero-order valence-electron chi connectivity index (χ0n) is 15.3. The molecule has 0 aromatic carbocycles. The van der Waals surface area contributed by atoms with E-state index in [-0.39, 0.29) is 18.3 Å². The highest BCUT2D eigenvalue weighted by atomic mass is 35.5. The van der Waals surface area contributed by atoms with Gasteiger partial charge in [0.05, 0.1) is 0 Å². The van der Waals surface area contributed by atoms with E-state index in [1.807, 2.05) is 47.3 Å². The number of hydrogen-bond acceptors (Lipinski definition) is 3. The largest absolute Gasteiger partial charge is 0.352 e. The second kappa shape index (κ2) is 22.2. The normalized spacial score (nSPS) is 8.55. The van der Waals surface area contributed by atoms with Crippen molar-refractivity contribution in [1.82, 2.24) is 15.1 Å². The lowest BCUT2D eigenvalue weighted by Gasteiger charge is -2.01. The fourth-order valence-electron chi connectivity index (χ4n) is 0.906. The molecule has 1 N–H and O–H groups in total. The van der Waals surface area contributed by atoms with Gasteiger partial charge in [0.15, 0.2) is 0 Å². The van der Waals surface area contributed by atoms with E-state index < -0.39 is 0 Å². The molecule has 0 aromatic rings. The number of amides is 1. The Kier molecular flexibility index (Phi) is 29.2. The Morgan fingerprint density at radius 1 is 1.05 bits per heavy atom. The zero-order chi connectivity index (χ0) is 17.3. The molecule has 132 valence electrons. The summed E-state index contributed by atoms with van der Waals surface area (Å²) in [6.07, 6.45) is 4.72. The smallest absolute Gasteiger partial charge is 0.246 e. The molecule has 22 heavy (non-hydrogen) atoms. The summed E-state index contributed by atoms with van der Waals surface area (Å²) in [6, 6.07) is 0. The van der Waals surface area contributed by atoms with Crippen LogP contribution >= 0.6 is 12.4 Å². The molecular formula is C17H36ClN3O. The molecule has 0 radical (unpaired) electrons. The second-order valence-electron chi connectivity index (χ2n) is 5.14. The molecule has 0 bridgehead atoms. The molecule has 0 aliphatic heterocycles. The first-order chi connectivity index (χ1) is 9.72. The molecule has 5 heteroatoms. The van der Waals surface area contributed by atoms with Gasteiger partial charge in [-0.2, -0.15) is 0 Å². The molecule has 1 amide bonds. The number of carbonyl (C=O) groups excluding carboxylic acids is 1. The van der Waals surface area contributed by atoms with E-state index in [1.165, 1.54) is 0 Å². The highest BCUT2D eigenvalue weighted by molar-refractivity contribution is 5.91. The molecular weight excluding hydrogens is 298 g/mol. The third kappa shape index (κ3) is 36.4. The maximum Gasteiger partial charge on any atom is 0.246 e. The molecule has 0 aliphatic rings. The quantitative estimate of drug-likeness (QED) is 0.574. The third-order valence-electron chi connectivity index (χ3n) is 1.91. The van der Waals surface area contributed by atoms with Gasteiger partial charge in [-0.15, -0.1) is 25.6 Å². The van der Waals surface area contributed by atoms with Crippen LogP contribution in [0.1, 0.15) is 20.3 Å². The third-order valence-corrected chi connectivity index (χ3v) is 1.91. The van der Waals surface area contributed by atoms with Gasteiger partial charge in [-0.3, -0.25) is 4.79 Å². The van der Waals surface area contributed by atoms with Crippen LogP contribution in [0.2, 0.25) is 0 Å². The number of nitrogens with zero attached hydrogens (tertiary/aromatic N) is 2. The van der Waals surface area contributed by atoms with Crippen molar-refractivity contribution in [3.8, 4) is 0 Å². The van der Waals surface area contributed by atoms with E-state index in [0.717, 1.165) is 26.1 Å². The van der Waals surface area contributed by atoms with Crippen molar-refractivity contribution in [2.45, 2.75) is 20.3 Å². The van der Waals surface area contributed by atoms with Crippen molar-refractivity contribution < 1.29 is 4.79 Å². The fraction of sp³-hybridized carbons (Fsp3) is 0.588. The maximum absolute atomic E-state index is 10.7. The Morgan fingerprint density at radius 3 is 1.55 bits per heavy atom. The molecule has 0 atom stereocenters. The monoisotopic (exact) mass is 333 g/mol. The molecule has 0 aliphatic carbocycles. The van der Waals surface area contributed by atoms with Gasteiger partial charge in [0.25, 0.3) is 0 Å². The zero-order valence-corrected chi connectivity index (χ0v) is 16.1. The summed E-state index contributed by atoms with van der Waals surface area (Å²) >= 11 is 0. The summed E-state index contributed by atoms with van der Waals surface area (Å²) < 4.78 is 0. The van der Waals surface area contributed by atoms with Crippen molar-refractivity contribution in [3.05, 3.63) is 37.5 Å². The van der Waals surface area contributed by atoms with E-state index in [4.69, 9.17) is 0 Å². The molecule has 0 fully saturated rings. The van der Waals surface area contributed by atoms with Crippen LogP contribution in [0.4, 0.5) is 0 Å². The SMILES string of the molecule is C=C(C)C(=O)NCCC.C=CCN(C)C.C=CCN(C)C.Cl. The van der Waals surface area contributed by atoms with Crippen LogP contribution in [-0.2, 0) is 4.79 Å². The standard InChI is InChI=1S/C7H13NO.2C5H11N.ClH/c1-4-5-8-7(9)6(2)3;2*1-4-5-6(2)3;/h2,4-5H2,1,3H3,(H,8,9);2*4H,1,5H2,2-3H3;1H. The number of nitrogens with one attached hydrogen (secondary N) is 1. The Morgan fingerprint density at radius 2 is 1.41 bits per heavy atom. The molecule has 0 rings (SSSR count). The summed E-state index contributed by atoms with van der Waals surface area (Å²) in [6.45, 7) is 17.0. The van der Waals surface area contributed by atoms with E-state index in [9.17, 15) is 4.79 Å². The van der Waals surface area contributed by atoms with Crippen LogP contribution in [0.15, 0.2) is 37.5 Å². The summed E-state index contributed by atoms with van der Waals surface area (Å²) in [4.78, 5) is 14.8. The number of carbonyl (C=O) groups is 1. The van der Waals surface area contributed by atoms with Crippen molar-refractivity contribution in [2.75, 3.05) is 47.8 Å². The molecule has 4 nitrogen and oxygen atoms in total.